The summed E-state index contributed by atoms with van der Waals surface area (Å²) in [7, 11) is 0. The van der Waals surface area contributed by atoms with Gasteiger partial charge in [-0.25, -0.2) is 9.78 Å². The number of carboxylic acids is 1. The van der Waals surface area contributed by atoms with Crippen molar-refractivity contribution in [2.45, 2.75) is 24.1 Å². The van der Waals surface area contributed by atoms with Gasteiger partial charge >= 0.3 is 5.97 Å². The van der Waals surface area contributed by atoms with E-state index in [-0.39, 0.29) is 11.1 Å². The Balaban J connectivity index is 1.78. The lowest BCUT2D eigenvalue weighted by atomic mass is 10.1. The van der Waals surface area contributed by atoms with Crippen molar-refractivity contribution in [2.75, 3.05) is 11.1 Å². The zero-order valence-corrected chi connectivity index (χ0v) is 15.8. The van der Waals surface area contributed by atoms with E-state index in [2.05, 4.69) is 17.2 Å². The first-order valence-electron chi connectivity index (χ1n) is 8.25. The Kier molecular flexibility index (Phi) is 5.90. The van der Waals surface area contributed by atoms with Gasteiger partial charge in [0.1, 0.15) is 0 Å². The number of fused-ring (bicyclic) bond motifs is 1. The fraction of sp³-hybridized carbons (Fsp3) is 0.211. The summed E-state index contributed by atoms with van der Waals surface area (Å²) in [6, 6.07) is 11.7. The molecule has 2 aromatic carbocycles. The van der Waals surface area contributed by atoms with E-state index in [9.17, 15) is 14.7 Å². The molecule has 1 amide bonds. The molecule has 0 aliphatic heterocycles. The number of nitrogens with zero attached hydrogens (tertiary/aromatic N) is 1. The van der Waals surface area contributed by atoms with Crippen LogP contribution in [0.4, 0.5) is 5.69 Å². The lowest BCUT2D eigenvalue weighted by Gasteiger charge is -2.07. The summed E-state index contributed by atoms with van der Waals surface area (Å²) in [5, 5.41) is 12.0. The molecule has 0 fully saturated rings. The van der Waals surface area contributed by atoms with E-state index >= 15 is 0 Å². The Morgan fingerprint density at radius 3 is 2.69 bits per heavy atom. The van der Waals surface area contributed by atoms with Gasteiger partial charge in [-0.1, -0.05) is 37.2 Å². The standard InChI is InChI=1S/C19H18N2O3S2/c1-2-3-10-25-19-21-15-9-8-12(11-16(15)26-19)20-17(22)13-6-4-5-7-14(13)18(23)24/h4-9,11H,2-3,10H2,1H3,(H,20,22)(H,23,24). The molecule has 0 aliphatic rings. The number of thioether (sulfide) groups is 1. The van der Waals surface area contributed by atoms with Crippen molar-refractivity contribution in [2.24, 2.45) is 0 Å². The van der Waals surface area contributed by atoms with Crippen LogP contribution >= 0.6 is 23.1 Å². The van der Waals surface area contributed by atoms with Crippen LogP contribution in [0, 0.1) is 0 Å². The summed E-state index contributed by atoms with van der Waals surface area (Å²) >= 11 is 3.35. The number of hydrogen-bond donors (Lipinski definition) is 2. The number of hydrogen-bond acceptors (Lipinski definition) is 5. The number of rotatable bonds is 7. The fourth-order valence-corrected chi connectivity index (χ4v) is 4.67. The number of benzene rings is 2. The molecule has 1 aromatic heterocycles. The molecule has 7 heteroatoms. The van der Waals surface area contributed by atoms with Gasteiger partial charge in [-0.2, -0.15) is 0 Å². The quantitative estimate of drug-likeness (QED) is 0.434. The van der Waals surface area contributed by atoms with Crippen molar-refractivity contribution in [1.29, 1.82) is 0 Å². The Hall–Kier alpha value is -2.38. The van der Waals surface area contributed by atoms with E-state index in [0.717, 1.165) is 33.2 Å². The molecule has 0 saturated carbocycles. The highest BCUT2D eigenvalue weighted by Gasteiger charge is 2.16. The fourth-order valence-electron chi connectivity index (χ4n) is 2.41. The van der Waals surface area contributed by atoms with Crippen LogP contribution in [0.1, 0.15) is 40.5 Å². The number of carbonyl (C=O) groups is 2. The second-order valence-electron chi connectivity index (χ2n) is 5.67. The minimum Gasteiger partial charge on any atom is -0.478 e. The van der Waals surface area contributed by atoms with Gasteiger partial charge in [0.15, 0.2) is 4.34 Å². The molecule has 0 unspecified atom stereocenters. The summed E-state index contributed by atoms with van der Waals surface area (Å²) < 4.78 is 2.02. The van der Waals surface area contributed by atoms with E-state index in [1.54, 1.807) is 41.3 Å². The third-order valence-corrected chi connectivity index (χ3v) is 6.00. The number of anilines is 1. The molecule has 3 rings (SSSR count). The second kappa shape index (κ2) is 8.33. The van der Waals surface area contributed by atoms with Gasteiger partial charge in [0.25, 0.3) is 5.91 Å². The normalized spacial score (nSPS) is 10.8. The van der Waals surface area contributed by atoms with Crippen molar-refractivity contribution >= 4 is 50.9 Å². The molecular weight excluding hydrogens is 368 g/mol. The number of thiazole rings is 1. The summed E-state index contributed by atoms with van der Waals surface area (Å²) in [5.41, 5.74) is 1.65. The molecule has 134 valence electrons. The van der Waals surface area contributed by atoms with E-state index in [0.29, 0.717) is 5.69 Å². The minimum absolute atomic E-state index is 0.0153. The monoisotopic (exact) mass is 386 g/mol. The summed E-state index contributed by atoms with van der Waals surface area (Å²) in [6.07, 6.45) is 2.32. The first kappa shape index (κ1) is 18.4. The van der Waals surface area contributed by atoms with Crippen molar-refractivity contribution in [3.8, 4) is 0 Å². The zero-order valence-electron chi connectivity index (χ0n) is 14.2. The maximum Gasteiger partial charge on any atom is 0.336 e. The summed E-state index contributed by atoms with van der Waals surface area (Å²) in [5.74, 6) is -0.516. The molecule has 0 spiro atoms. The maximum absolute atomic E-state index is 12.5. The van der Waals surface area contributed by atoms with Crippen LogP contribution in [0.2, 0.25) is 0 Å². The maximum atomic E-state index is 12.5. The van der Waals surface area contributed by atoms with E-state index < -0.39 is 11.9 Å². The van der Waals surface area contributed by atoms with Gasteiger partial charge in [-0.05, 0) is 36.8 Å². The number of aromatic nitrogens is 1. The van der Waals surface area contributed by atoms with Crippen LogP contribution < -0.4 is 5.32 Å². The van der Waals surface area contributed by atoms with Crippen LogP contribution in [-0.2, 0) is 0 Å². The van der Waals surface area contributed by atoms with Gasteiger partial charge in [0.2, 0.25) is 0 Å². The molecule has 5 nitrogen and oxygen atoms in total. The molecular formula is C19H18N2O3S2. The summed E-state index contributed by atoms with van der Waals surface area (Å²) in [4.78, 5) is 28.3. The third kappa shape index (κ3) is 4.23. The topological polar surface area (TPSA) is 79.3 Å². The van der Waals surface area contributed by atoms with Gasteiger partial charge in [0, 0.05) is 11.4 Å². The zero-order chi connectivity index (χ0) is 18.5. The highest BCUT2D eigenvalue weighted by molar-refractivity contribution is 8.01. The van der Waals surface area contributed by atoms with Gasteiger partial charge in [-0.3, -0.25) is 4.79 Å². The van der Waals surface area contributed by atoms with Gasteiger partial charge in [-0.15, -0.1) is 11.3 Å². The van der Waals surface area contributed by atoms with Crippen LogP contribution in [-0.4, -0.2) is 27.7 Å². The molecule has 0 aliphatic carbocycles. The molecule has 1 heterocycles. The molecule has 2 N–H and O–H groups in total. The molecule has 0 bridgehead atoms. The smallest absolute Gasteiger partial charge is 0.336 e. The summed E-state index contributed by atoms with van der Waals surface area (Å²) in [6.45, 7) is 2.16. The number of carboxylic acid groups (broad SMARTS) is 1. The highest BCUT2D eigenvalue weighted by Crippen LogP contribution is 2.31. The van der Waals surface area contributed by atoms with Crippen molar-refractivity contribution in [3.63, 3.8) is 0 Å². The van der Waals surface area contributed by atoms with Crippen molar-refractivity contribution < 1.29 is 14.7 Å². The number of nitrogens with one attached hydrogen (secondary N) is 1. The third-order valence-electron chi connectivity index (χ3n) is 3.75. The number of amides is 1. The van der Waals surface area contributed by atoms with Crippen LogP contribution in [0.3, 0.4) is 0 Å². The Labute approximate surface area is 159 Å². The lowest BCUT2D eigenvalue weighted by molar-refractivity contribution is 0.0692. The van der Waals surface area contributed by atoms with Crippen molar-refractivity contribution in [3.05, 3.63) is 53.6 Å². The molecule has 0 saturated heterocycles. The number of aromatic carboxylic acids is 1. The Morgan fingerprint density at radius 2 is 1.96 bits per heavy atom. The average molecular weight is 386 g/mol. The Morgan fingerprint density at radius 1 is 1.19 bits per heavy atom. The number of unbranched alkanes of at least 4 members (excludes halogenated alkanes) is 1. The predicted octanol–water partition coefficient (Wildman–Crippen LogP) is 5.14. The van der Waals surface area contributed by atoms with E-state index in [1.165, 1.54) is 12.1 Å². The van der Waals surface area contributed by atoms with Crippen LogP contribution in [0.5, 0.6) is 0 Å². The molecule has 0 atom stereocenters. The minimum atomic E-state index is -1.12. The second-order valence-corrected chi connectivity index (χ2v) is 8.04. The van der Waals surface area contributed by atoms with Crippen LogP contribution in [0.15, 0.2) is 46.8 Å². The van der Waals surface area contributed by atoms with Crippen molar-refractivity contribution in [1.82, 2.24) is 4.98 Å². The highest BCUT2D eigenvalue weighted by atomic mass is 32.2. The number of carbonyl (C=O) groups excluding carboxylic acids is 1. The van der Waals surface area contributed by atoms with E-state index in [4.69, 9.17) is 0 Å². The van der Waals surface area contributed by atoms with E-state index in [1.807, 2.05) is 12.1 Å². The largest absolute Gasteiger partial charge is 0.478 e. The predicted molar refractivity (Wildman–Crippen MR) is 107 cm³/mol. The average Bonchev–Trinajstić information content (AvgIpc) is 3.04. The molecule has 26 heavy (non-hydrogen) atoms. The van der Waals surface area contributed by atoms with Gasteiger partial charge in [0.05, 0.1) is 21.3 Å². The Bertz CT molecular complexity index is 953. The van der Waals surface area contributed by atoms with Gasteiger partial charge < -0.3 is 10.4 Å². The molecule has 0 radical (unpaired) electrons. The first-order chi connectivity index (χ1) is 12.6. The SMILES string of the molecule is CCCCSc1nc2ccc(NC(=O)c3ccccc3C(=O)O)cc2s1. The first-order valence-corrected chi connectivity index (χ1v) is 10.1. The lowest BCUT2D eigenvalue weighted by Crippen LogP contribution is -2.16. The van der Waals surface area contributed by atoms with Crippen LogP contribution in [0.25, 0.3) is 10.2 Å². The molecule has 3 aromatic rings.